The van der Waals surface area contributed by atoms with Gasteiger partial charge in [0.05, 0.1) is 25.1 Å². The molecular weight excluding hydrogens is 332 g/mol. The van der Waals surface area contributed by atoms with Crippen molar-refractivity contribution in [3.8, 4) is 0 Å². The third kappa shape index (κ3) is 3.72. The summed E-state index contributed by atoms with van der Waals surface area (Å²) in [5.74, 6) is -0.623. The number of carbonyl (C=O) groups excluding carboxylic acids is 1. The van der Waals surface area contributed by atoms with Gasteiger partial charge in [-0.25, -0.2) is 4.79 Å². The maximum atomic E-state index is 11.5. The molecule has 1 aromatic carbocycles. The Kier molecular flexibility index (Phi) is 5.27. The van der Waals surface area contributed by atoms with Gasteiger partial charge in [-0.3, -0.25) is 0 Å². The quantitative estimate of drug-likeness (QED) is 0.830. The lowest BCUT2D eigenvalue weighted by Crippen LogP contribution is -2.30. The highest BCUT2D eigenvalue weighted by Crippen LogP contribution is 2.35. The van der Waals surface area contributed by atoms with Crippen LogP contribution in [0.25, 0.3) is 0 Å². The van der Waals surface area contributed by atoms with E-state index in [0.29, 0.717) is 10.8 Å². The van der Waals surface area contributed by atoms with E-state index in [1.165, 1.54) is 0 Å². The second kappa shape index (κ2) is 6.74. The van der Waals surface area contributed by atoms with Crippen molar-refractivity contribution in [1.29, 1.82) is 0 Å². The molecule has 0 saturated carbocycles. The Morgan fingerprint density at radius 3 is 2.89 bits per heavy atom. The van der Waals surface area contributed by atoms with Crippen LogP contribution in [0.4, 0.5) is 0 Å². The molecule has 1 aromatic rings. The minimum atomic E-state index is -1.23. The molecule has 0 radical (unpaired) electrons. The van der Waals surface area contributed by atoms with Gasteiger partial charge in [0.1, 0.15) is 0 Å². The van der Waals surface area contributed by atoms with Crippen LogP contribution in [0.15, 0.2) is 27.6 Å². The largest absolute Gasteiger partial charge is 0.464 e. The summed E-state index contributed by atoms with van der Waals surface area (Å²) in [6, 6.07) is 5.39. The first kappa shape index (κ1) is 14.8. The monoisotopic (exact) mass is 346 g/mol. The Balaban J connectivity index is 2.06. The Morgan fingerprint density at radius 2 is 2.37 bits per heavy atom. The summed E-state index contributed by atoms with van der Waals surface area (Å²) in [4.78, 5) is 12.5. The standard InChI is InChI=1S/C13H15BrO4S/c1-2-18-13(16)12(15)8-3-4-11(10(14)5-8)19-9-6-17-7-9/h3-5,9,12,15H,2,6-7H2,1H3. The predicted octanol–water partition coefficient (Wildman–Crippen LogP) is 2.54. The number of benzene rings is 1. The Morgan fingerprint density at radius 1 is 1.63 bits per heavy atom. The van der Waals surface area contributed by atoms with E-state index in [9.17, 15) is 9.90 Å². The average Bonchev–Trinajstić information content (AvgIpc) is 2.34. The first-order valence-corrected chi connectivity index (χ1v) is 7.67. The highest BCUT2D eigenvalue weighted by Gasteiger charge is 2.22. The van der Waals surface area contributed by atoms with E-state index in [1.807, 2.05) is 6.07 Å². The minimum Gasteiger partial charge on any atom is -0.464 e. The van der Waals surface area contributed by atoms with Gasteiger partial charge in [-0.2, -0.15) is 0 Å². The molecule has 1 aliphatic heterocycles. The van der Waals surface area contributed by atoms with E-state index in [0.717, 1.165) is 22.6 Å². The summed E-state index contributed by atoms with van der Waals surface area (Å²) < 4.78 is 10.8. The Hall–Kier alpha value is -0.560. The van der Waals surface area contributed by atoms with Gasteiger partial charge in [0.2, 0.25) is 0 Å². The normalized spacial score (nSPS) is 16.8. The zero-order chi connectivity index (χ0) is 13.8. The molecule has 1 atom stereocenters. The van der Waals surface area contributed by atoms with Crippen molar-refractivity contribution >= 4 is 33.7 Å². The van der Waals surface area contributed by atoms with Gasteiger partial charge in [-0.15, -0.1) is 11.8 Å². The van der Waals surface area contributed by atoms with Gasteiger partial charge in [-0.1, -0.05) is 6.07 Å². The van der Waals surface area contributed by atoms with Crippen LogP contribution in [0.5, 0.6) is 0 Å². The fourth-order valence-electron chi connectivity index (χ4n) is 1.60. The highest BCUT2D eigenvalue weighted by molar-refractivity contribution is 9.10. The fourth-order valence-corrected chi connectivity index (χ4v) is 3.28. The van der Waals surface area contributed by atoms with Gasteiger partial charge >= 0.3 is 5.97 Å². The number of hydrogen-bond acceptors (Lipinski definition) is 5. The first-order valence-electron chi connectivity index (χ1n) is 6.00. The second-order valence-corrected chi connectivity index (χ2v) is 6.32. The Bertz CT molecular complexity index is 462. The topological polar surface area (TPSA) is 55.8 Å². The lowest BCUT2D eigenvalue weighted by molar-refractivity contribution is -0.153. The van der Waals surface area contributed by atoms with Crippen molar-refractivity contribution in [2.75, 3.05) is 19.8 Å². The molecule has 104 valence electrons. The maximum Gasteiger partial charge on any atom is 0.339 e. The first-order chi connectivity index (χ1) is 9.11. The third-order valence-electron chi connectivity index (χ3n) is 2.68. The molecule has 0 amide bonds. The molecule has 2 rings (SSSR count). The Labute approximate surface area is 124 Å². The molecule has 1 heterocycles. The molecular formula is C13H15BrO4S. The predicted molar refractivity (Wildman–Crippen MR) is 76.2 cm³/mol. The number of halogens is 1. The van der Waals surface area contributed by atoms with Gasteiger partial charge in [0.25, 0.3) is 0 Å². The summed E-state index contributed by atoms with van der Waals surface area (Å²) in [5, 5.41) is 10.3. The van der Waals surface area contributed by atoms with Crippen molar-refractivity contribution in [3.05, 3.63) is 28.2 Å². The molecule has 1 aliphatic rings. The number of esters is 1. The maximum absolute atomic E-state index is 11.5. The van der Waals surface area contributed by atoms with Crippen LogP contribution >= 0.6 is 27.7 Å². The zero-order valence-electron chi connectivity index (χ0n) is 10.5. The van der Waals surface area contributed by atoms with Crippen LogP contribution in [0, 0.1) is 0 Å². The van der Waals surface area contributed by atoms with E-state index in [2.05, 4.69) is 15.9 Å². The molecule has 0 bridgehead atoms. The summed E-state index contributed by atoms with van der Waals surface area (Å²) >= 11 is 5.19. The van der Waals surface area contributed by atoms with E-state index >= 15 is 0 Å². The van der Waals surface area contributed by atoms with Gasteiger partial charge < -0.3 is 14.6 Å². The van der Waals surface area contributed by atoms with E-state index in [-0.39, 0.29) is 6.61 Å². The molecule has 0 spiro atoms. The van der Waals surface area contributed by atoms with Crippen molar-refractivity contribution in [2.45, 2.75) is 23.2 Å². The SMILES string of the molecule is CCOC(=O)C(O)c1ccc(SC2COC2)c(Br)c1. The summed E-state index contributed by atoms with van der Waals surface area (Å²) in [7, 11) is 0. The molecule has 6 heteroatoms. The van der Waals surface area contributed by atoms with Crippen molar-refractivity contribution in [2.24, 2.45) is 0 Å². The van der Waals surface area contributed by atoms with Crippen molar-refractivity contribution in [3.63, 3.8) is 0 Å². The molecule has 4 nitrogen and oxygen atoms in total. The number of hydrogen-bond donors (Lipinski definition) is 1. The van der Waals surface area contributed by atoms with Crippen molar-refractivity contribution < 1.29 is 19.4 Å². The number of thioether (sulfide) groups is 1. The van der Waals surface area contributed by atoms with E-state index < -0.39 is 12.1 Å². The smallest absolute Gasteiger partial charge is 0.339 e. The van der Waals surface area contributed by atoms with E-state index in [1.54, 1.807) is 30.8 Å². The van der Waals surface area contributed by atoms with E-state index in [4.69, 9.17) is 9.47 Å². The van der Waals surface area contributed by atoms with Crippen LogP contribution in [0.3, 0.4) is 0 Å². The second-order valence-electron chi connectivity index (χ2n) is 4.12. The van der Waals surface area contributed by atoms with Crippen LogP contribution in [0.1, 0.15) is 18.6 Å². The summed E-state index contributed by atoms with van der Waals surface area (Å²) in [5.41, 5.74) is 0.527. The van der Waals surface area contributed by atoms with Crippen LogP contribution in [-0.4, -0.2) is 36.1 Å². The number of ether oxygens (including phenoxy) is 2. The number of aliphatic hydroxyl groups excluding tert-OH is 1. The minimum absolute atomic E-state index is 0.257. The molecule has 1 saturated heterocycles. The zero-order valence-corrected chi connectivity index (χ0v) is 12.9. The third-order valence-corrected chi connectivity index (χ3v) is 4.82. The highest BCUT2D eigenvalue weighted by atomic mass is 79.9. The van der Waals surface area contributed by atoms with Crippen LogP contribution in [0.2, 0.25) is 0 Å². The molecule has 1 fully saturated rings. The number of carbonyl (C=O) groups is 1. The van der Waals surface area contributed by atoms with Crippen LogP contribution in [-0.2, 0) is 14.3 Å². The average molecular weight is 347 g/mol. The fraction of sp³-hybridized carbons (Fsp3) is 0.462. The number of rotatable bonds is 5. The summed E-state index contributed by atoms with van der Waals surface area (Å²) in [6.45, 7) is 3.50. The molecule has 0 aromatic heterocycles. The molecule has 19 heavy (non-hydrogen) atoms. The lowest BCUT2D eigenvalue weighted by Gasteiger charge is -2.25. The molecule has 1 N–H and O–H groups in total. The lowest BCUT2D eigenvalue weighted by atomic mass is 10.1. The van der Waals surface area contributed by atoms with Crippen LogP contribution < -0.4 is 0 Å². The molecule has 0 aliphatic carbocycles. The molecule has 1 unspecified atom stereocenters. The van der Waals surface area contributed by atoms with Gasteiger partial charge in [0.15, 0.2) is 6.10 Å². The van der Waals surface area contributed by atoms with Gasteiger partial charge in [-0.05, 0) is 40.5 Å². The van der Waals surface area contributed by atoms with Crippen molar-refractivity contribution in [1.82, 2.24) is 0 Å². The number of aliphatic hydroxyl groups is 1. The summed E-state index contributed by atoms with van der Waals surface area (Å²) in [6.07, 6.45) is -1.23. The van der Waals surface area contributed by atoms with Gasteiger partial charge in [0, 0.05) is 9.37 Å².